The monoisotopic (exact) mass is 790 g/mol. The highest BCUT2D eigenvalue weighted by Crippen LogP contribution is 2.70. The summed E-state index contributed by atoms with van der Waals surface area (Å²) in [7, 11) is 1.41. The van der Waals surface area contributed by atoms with Crippen molar-refractivity contribution in [1.82, 2.24) is 0 Å². The van der Waals surface area contributed by atoms with Crippen molar-refractivity contribution in [1.29, 1.82) is 0 Å². The number of aliphatic hydroxyl groups is 10. The molecular weight excluding hydrogens is 720 g/mol. The minimum absolute atomic E-state index is 0.00407. The Balaban J connectivity index is 1.05. The van der Waals surface area contributed by atoms with Gasteiger partial charge in [-0.25, -0.2) is 0 Å². The Kier molecular flexibility index (Phi) is 13.4. The van der Waals surface area contributed by atoms with Crippen molar-refractivity contribution in [3.8, 4) is 0 Å². The molecule has 10 N–H and O–H groups in total. The van der Waals surface area contributed by atoms with Gasteiger partial charge in [-0.1, -0.05) is 41.0 Å². The number of methoxy groups -OCH3 is 1. The second-order valence-electron chi connectivity index (χ2n) is 19.0. The van der Waals surface area contributed by atoms with Gasteiger partial charge >= 0.3 is 0 Å². The van der Waals surface area contributed by atoms with Gasteiger partial charge in [0.05, 0.1) is 55.9 Å². The molecule has 0 aromatic carbocycles. The summed E-state index contributed by atoms with van der Waals surface area (Å²) in [5, 5.41) is 110. The fourth-order valence-electron chi connectivity index (χ4n) is 12.8. The van der Waals surface area contributed by atoms with Gasteiger partial charge in [-0.2, -0.15) is 0 Å². The topological polar surface area (TPSA) is 248 Å². The third-order valence-corrected chi connectivity index (χ3v) is 15.7. The molecule has 6 aliphatic rings. The molecule has 0 spiro atoms. The van der Waals surface area contributed by atoms with E-state index in [9.17, 15) is 51.1 Å². The van der Waals surface area contributed by atoms with Crippen LogP contribution in [-0.4, -0.2) is 163 Å². The van der Waals surface area contributed by atoms with Crippen LogP contribution in [0.3, 0.4) is 0 Å². The number of rotatable bonds is 12. The van der Waals surface area contributed by atoms with Crippen LogP contribution in [0.2, 0.25) is 0 Å². The van der Waals surface area contributed by atoms with Crippen molar-refractivity contribution in [2.75, 3.05) is 26.9 Å². The average molecular weight is 791 g/mol. The predicted molar refractivity (Wildman–Crippen MR) is 195 cm³/mol. The molecule has 3 unspecified atom stereocenters. The van der Waals surface area contributed by atoms with Crippen LogP contribution in [0.25, 0.3) is 0 Å². The molecule has 320 valence electrons. The lowest BCUT2D eigenvalue weighted by Crippen LogP contribution is -2.71. The summed E-state index contributed by atoms with van der Waals surface area (Å²) in [5.74, 6) is -1.29. The molecule has 4 aliphatic carbocycles. The highest BCUT2D eigenvalue weighted by atomic mass is 16.7. The molecule has 0 amide bonds. The van der Waals surface area contributed by atoms with Crippen LogP contribution in [0.5, 0.6) is 0 Å². The number of aliphatic hydroxyl groups excluding tert-OH is 9. The smallest absolute Gasteiger partial charge is 0.186 e. The van der Waals surface area contributed by atoms with Crippen molar-refractivity contribution < 1.29 is 74.7 Å². The molecule has 2 saturated heterocycles. The first-order valence-electron chi connectivity index (χ1n) is 20.7. The summed E-state index contributed by atoms with van der Waals surface area (Å²) in [6, 6.07) is 0. The maximum atomic E-state index is 12.6. The van der Waals surface area contributed by atoms with E-state index in [1.807, 2.05) is 6.92 Å². The molecule has 0 radical (unpaired) electrons. The molecule has 6 fully saturated rings. The molecule has 2 heterocycles. The fraction of sp³-hybridized carbons (Fsp3) is 1.00. The van der Waals surface area contributed by atoms with E-state index in [1.54, 1.807) is 0 Å². The van der Waals surface area contributed by atoms with Gasteiger partial charge in [0, 0.05) is 25.4 Å². The molecule has 15 nitrogen and oxygen atoms in total. The Morgan fingerprint density at radius 2 is 1.36 bits per heavy atom. The molecule has 55 heavy (non-hydrogen) atoms. The van der Waals surface area contributed by atoms with E-state index in [0.29, 0.717) is 44.6 Å². The summed E-state index contributed by atoms with van der Waals surface area (Å²) < 4.78 is 28.5. The molecule has 0 bridgehead atoms. The lowest BCUT2D eigenvalue weighted by molar-refractivity contribution is -0.331. The van der Waals surface area contributed by atoms with Gasteiger partial charge in [0.1, 0.15) is 36.6 Å². The minimum Gasteiger partial charge on any atom is -0.393 e. The highest BCUT2D eigenvalue weighted by Gasteiger charge is 2.73. The first-order chi connectivity index (χ1) is 25.8. The van der Waals surface area contributed by atoms with Gasteiger partial charge in [0.2, 0.25) is 0 Å². The third-order valence-electron chi connectivity index (χ3n) is 15.7. The van der Waals surface area contributed by atoms with Gasteiger partial charge in [0.25, 0.3) is 0 Å². The molecule has 6 rings (SSSR count). The van der Waals surface area contributed by atoms with Gasteiger partial charge in [-0.3, -0.25) is 0 Å². The summed E-state index contributed by atoms with van der Waals surface area (Å²) in [5.41, 5.74) is -2.66. The summed E-state index contributed by atoms with van der Waals surface area (Å²) in [6.45, 7) is 10.5. The van der Waals surface area contributed by atoms with Crippen LogP contribution in [0.1, 0.15) is 86.0 Å². The molecule has 2 aliphatic heterocycles. The van der Waals surface area contributed by atoms with Crippen molar-refractivity contribution >= 4 is 0 Å². The van der Waals surface area contributed by atoms with Crippen LogP contribution in [0.15, 0.2) is 0 Å². The van der Waals surface area contributed by atoms with Crippen LogP contribution in [-0.2, 0) is 23.7 Å². The number of ether oxygens (including phenoxy) is 5. The second-order valence-corrected chi connectivity index (χ2v) is 19.0. The van der Waals surface area contributed by atoms with E-state index < -0.39 is 108 Å². The Morgan fingerprint density at radius 1 is 0.691 bits per heavy atom. The second kappa shape index (κ2) is 16.8. The van der Waals surface area contributed by atoms with Crippen LogP contribution in [0, 0.1) is 52.3 Å². The zero-order valence-corrected chi connectivity index (χ0v) is 33.3. The van der Waals surface area contributed by atoms with Gasteiger partial charge in [-0.05, 0) is 78.9 Å². The van der Waals surface area contributed by atoms with Crippen LogP contribution >= 0.6 is 0 Å². The number of fused-ring (bicyclic) bond motifs is 5. The first-order valence-corrected chi connectivity index (χ1v) is 20.7. The Hall–Kier alpha value is -0.600. The maximum Gasteiger partial charge on any atom is 0.186 e. The van der Waals surface area contributed by atoms with Gasteiger partial charge in [0.15, 0.2) is 12.6 Å². The van der Waals surface area contributed by atoms with Crippen molar-refractivity contribution in [3.63, 3.8) is 0 Å². The number of hydrogen-bond acceptors (Lipinski definition) is 15. The number of hydrogen-bond donors (Lipinski definition) is 10. The Bertz CT molecular complexity index is 1280. The molecule has 4 saturated carbocycles. The average Bonchev–Trinajstić information content (AvgIpc) is 3.33. The zero-order valence-electron chi connectivity index (χ0n) is 33.3. The third kappa shape index (κ3) is 7.70. The lowest BCUT2D eigenvalue weighted by atomic mass is 9.41. The van der Waals surface area contributed by atoms with Crippen LogP contribution in [0.4, 0.5) is 0 Å². The lowest BCUT2D eigenvalue weighted by Gasteiger charge is -2.66. The first kappa shape index (κ1) is 44.0. The van der Waals surface area contributed by atoms with Crippen molar-refractivity contribution in [3.05, 3.63) is 0 Å². The fourth-order valence-corrected chi connectivity index (χ4v) is 12.8. The normalized spacial score (nSPS) is 52.6. The molecular formula is C40H70O15. The van der Waals surface area contributed by atoms with E-state index in [0.717, 1.165) is 12.8 Å². The molecule has 0 aromatic rings. The maximum absolute atomic E-state index is 12.6. The van der Waals surface area contributed by atoms with Crippen molar-refractivity contribution in [2.45, 2.75) is 171 Å². The quantitative estimate of drug-likeness (QED) is 0.122. The summed E-state index contributed by atoms with van der Waals surface area (Å²) in [6.07, 6.45) is -10.2. The highest BCUT2D eigenvalue weighted by molar-refractivity contribution is 5.22. The van der Waals surface area contributed by atoms with Gasteiger partial charge in [-0.15, -0.1) is 0 Å². The summed E-state index contributed by atoms with van der Waals surface area (Å²) in [4.78, 5) is 0. The minimum atomic E-state index is -1.50. The largest absolute Gasteiger partial charge is 0.393 e. The van der Waals surface area contributed by atoms with E-state index >= 15 is 0 Å². The molecule has 22 atom stereocenters. The van der Waals surface area contributed by atoms with E-state index in [-0.39, 0.29) is 43.3 Å². The van der Waals surface area contributed by atoms with E-state index in [4.69, 9.17) is 23.7 Å². The standard InChI is InChI=1S/C40H70O15/c1-18(2)20(11-14-52-36-33(49)34(51-6)24(17-54-36)55-37-32(48)29(45)23(43)16-53-37)8-7-19(3)26-30(46)31(47)35-39(26,5)13-10-25-38(4)12-9-21(41)28(44)27(38)22(42)15-40(25,35)50/h18-37,41-50H,7-17H2,1-6H3/t19-,20-,21+,22+,23+,24-,25?,26+,27?,28+,29+,30-,31-,32-,33-,34+,35?,36-,37+,38-,39-,40+/m1/s1. The Labute approximate surface area is 324 Å². The van der Waals surface area contributed by atoms with E-state index in [2.05, 4.69) is 27.7 Å². The molecule has 15 heteroatoms. The van der Waals surface area contributed by atoms with E-state index in [1.165, 1.54) is 7.11 Å². The van der Waals surface area contributed by atoms with Crippen LogP contribution < -0.4 is 0 Å². The summed E-state index contributed by atoms with van der Waals surface area (Å²) >= 11 is 0. The Morgan fingerprint density at radius 3 is 2.04 bits per heavy atom. The molecule has 0 aromatic heterocycles. The zero-order chi connectivity index (χ0) is 40.4. The predicted octanol–water partition coefficient (Wildman–Crippen LogP) is -0.344. The van der Waals surface area contributed by atoms with Gasteiger partial charge < -0.3 is 74.7 Å². The van der Waals surface area contributed by atoms with Crippen molar-refractivity contribution in [2.24, 2.45) is 52.3 Å². The SMILES string of the molecule is CO[C@@H]1[C@@H](O)[C@H](OCC[C@@H](CC[C@@H](C)[C@H]2[C@@H](O)[C@@H](O)C3[C@]4(O)C[C@H](O)C5[C@@H](O)[C@@H](O)CC[C@]5(C)C4CC[C@@]32C)C(C)C)OC[C@H]1O[C@@H]1OC[C@H](O)[C@H](O)[C@H]1O.